The van der Waals surface area contributed by atoms with Crippen molar-refractivity contribution in [2.45, 2.75) is 0 Å². The van der Waals surface area contributed by atoms with Crippen LogP contribution >= 0.6 is 0 Å². The molecule has 0 bridgehead atoms. The number of nitrogens with two attached hydrogens (primary N) is 1. The van der Waals surface area contributed by atoms with E-state index in [1.807, 2.05) is 0 Å². The van der Waals surface area contributed by atoms with Gasteiger partial charge in [-0.25, -0.2) is 0 Å². The quantitative estimate of drug-likeness (QED) is 0.272. The van der Waals surface area contributed by atoms with Crippen LogP contribution in [0, 0.1) is 0 Å². The van der Waals surface area contributed by atoms with Crippen molar-refractivity contribution in [1.82, 2.24) is 4.98 Å². The normalized spacial score (nSPS) is 11.5. The number of aromatic nitrogens is 1. The van der Waals surface area contributed by atoms with E-state index < -0.39 is 0 Å². The minimum Gasteiger partial charge on any atom is -0.409 e. The standard InChI is InChI=1S/C9H14N4O2/c1-13(5-6-14)7-3-2-4-11-8(7)9(10)12-15/h2-4,14-15H,5-6H2,1H3,(H2,10,12). The Hall–Kier alpha value is -1.82. The highest BCUT2D eigenvalue weighted by Gasteiger charge is 2.11. The highest BCUT2D eigenvalue weighted by molar-refractivity contribution is 6.00. The second-order valence-corrected chi connectivity index (χ2v) is 3.00. The molecule has 0 aliphatic carbocycles. The van der Waals surface area contributed by atoms with Crippen LogP contribution in [0.2, 0.25) is 0 Å². The van der Waals surface area contributed by atoms with E-state index in [1.165, 1.54) is 0 Å². The van der Waals surface area contributed by atoms with E-state index in [2.05, 4.69) is 10.1 Å². The molecule has 1 heterocycles. The Morgan fingerprint density at radius 3 is 3.00 bits per heavy atom. The van der Waals surface area contributed by atoms with E-state index in [0.717, 1.165) is 0 Å². The summed E-state index contributed by atoms with van der Waals surface area (Å²) in [4.78, 5) is 5.79. The molecule has 0 saturated heterocycles. The Morgan fingerprint density at radius 2 is 2.40 bits per heavy atom. The topological polar surface area (TPSA) is 95.0 Å². The van der Waals surface area contributed by atoms with Gasteiger partial charge in [-0.1, -0.05) is 5.16 Å². The molecule has 1 aromatic heterocycles. The van der Waals surface area contributed by atoms with E-state index in [9.17, 15) is 0 Å². The van der Waals surface area contributed by atoms with Crippen molar-refractivity contribution in [3.8, 4) is 0 Å². The molecular weight excluding hydrogens is 196 g/mol. The third-order valence-electron chi connectivity index (χ3n) is 1.98. The van der Waals surface area contributed by atoms with Gasteiger partial charge in [-0.3, -0.25) is 4.98 Å². The van der Waals surface area contributed by atoms with Gasteiger partial charge in [0.1, 0.15) is 5.69 Å². The summed E-state index contributed by atoms with van der Waals surface area (Å²) in [6.07, 6.45) is 1.56. The van der Waals surface area contributed by atoms with Gasteiger partial charge in [0.15, 0.2) is 5.84 Å². The largest absolute Gasteiger partial charge is 0.409 e. The molecule has 1 rings (SSSR count). The van der Waals surface area contributed by atoms with Crippen LogP contribution < -0.4 is 10.6 Å². The molecule has 82 valence electrons. The molecule has 0 amide bonds. The number of aliphatic hydroxyl groups excluding tert-OH is 1. The molecule has 0 aliphatic heterocycles. The lowest BCUT2D eigenvalue weighted by Gasteiger charge is -2.19. The second-order valence-electron chi connectivity index (χ2n) is 3.00. The van der Waals surface area contributed by atoms with Crippen LogP contribution in [0.4, 0.5) is 5.69 Å². The van der Waals surface area contributed by atoms with Crippen LogP contribution in [0.1, 0.15) is 5.69 Å². The number of rotatable bonds is 4. The molecule has 6 heteroatoms. The Balaban J connectivity index is 3.06. The molecule has 0 unspecified atom stereocenters. The maximum atomic E-state index is 8.81. The Morgan fingerprint density at radius 1 is 1.67 bits per heavy atom. The molecule has 6 nitrogen and oxygen atoms in total. The smallest absolute Gasteiger partial charge is 0.190 e. The van der Waals surface area contributed by atoms with E-state index in [-0.39, 0.29) is 12.4 Å². The molecule has 0 fully saturated rings. The van der Waals surface area contributed by atoms with Gasteiger partial charge in [0, 0.05) is 19.8 Å². The third kappa shape index (κ3) is 2.57. The van der Waals surface area contributed by atoms with Crippen molar-refractivity contribution in [2.75, 3.05) is 25.1 Å². The number of aliphatic hydroxyl groups is 1. The zero-order chi connectivity index (χ0) is 11.3. The molecular formula is C9H14N4O2. The van der Waals surface area contributed by atoms with E-state index >= 15 is 0 Å². The Bertz CT molecular complexity index is 354. The number of anilines is 1. The van der Waals surface area contributed by atoms with E-state index in [4.69, 9.17) is 16.0 Å². The molecule has 0 spiro atoms. The van der Waals surface area contributed by atoms with Crippen molar-refractivity contribution in [1.29, 1.82) is 0 Å². The molecule has 4 N–H and O–H groups in total. The fourth-order valence-electron chi connectivity index (χ4n) is 1.22. The van der Waals surface area contributed by atoms with Gasteiger partial charge in [0.2, 0.25) is 0 Å². The number of oxime groups is 1. The molecule has 0 saturated carbocycles. The first-order chi connectivity index (χ1) is 7.20. The fraction of sp³-hybridized carbons (Fsp3) is 0.333. The lowest BCUT2D eigenvalue weighted by atomic mass is 10.2. The SMILES string of the molecule is CN(CCO)c1cccnc1/C(N)=N/O. The van der Waals surface area contributed by atoms with Crippen molar-refractivity contribution in [3.63, 3.8) is 0 Å². The number of hydrogen-bond acceptors (Lipinski definition) is 5. The summed E-state index contributed by atoms with van der Waals surface area (Å²) < 4.78 is 0. The molecule has 0 radical (unpaired) electrons. The van der Waals surface area contributed by atoms with Crippen molar-refractivity contribution in [2.24, 2.45) is 10.9 Å². The monoisotopic (exact) mass is 210 g/mol. The lowest BCUT2D eigenvalue weighted by molar-refractivity contribution is 0.304. The first kappa shape index (κ1) is 11.3. The van der Waals surface area contributed by atoms with Crippen LogP contribution in [-0.4, -0.2) is 41.3 Å². The molecule has 15 heavy (non-hydrogen) atoms. The highest BCUT2D eigenvalue weighted by atomic mass is 16.4. The summed E-state index contributed by atoms with van der Waals surface area (Å²) in [5, 5.41) is 20.3. The number of nitrogens with zero attached hydrogens (tertiary/aromatic N) is 3. The van der Waals surface area contributed by atoms with E-state index in [1.54, 1.807) is 30.3 Å². The van der Waals surface area contributed by atoms with Gasteiger partial charge in [0.25, 0.3) is 0 Å². The van der Waals surface area contributed by atoms with Crippen LogP contribution in [0.5, 0.6) is 0 Å². The lowest BCUT2D eigenvalue weighted by Crippen LogP contribution is -2.26. The fourth-order valence-corrected chi connectivity index (χ4v) is 1.22. The van der Waals surface area contributed by atoms with Crippen molar-refractivity contribution in [3.05, 3.63) is 24.0 Å². The molecule has 0 aliphatic rings. The van der Waals surface area contributed by atoms with Gasteiger partial charge in [-0.2, -0.15) is 0 Å². The zero-order valence-electron chi connectivity index (χ0n) is 8.46. The first-order valence-corrected chi connectivity index (χ1v) is 4.45. The van der Waals surface area contributed by atoms with E-state index in [0.29, 0.717) is 17.9 Å². The summed E-state index contributed by atoms with van der Waals surface area (Å²) in [6.45, 7) is 0.485. The minimum atomic E-state index is -0.0459. The summed E-state index contributed by atoms with van der Waals surface area (Å²) in [5.41, 5.74) is 6.59. The van der Waals surface area contributed by atoms with Gasteiger partial charge in [-0.05, 0) is 12.1 Å². The molecule has 0 aromatic carbocycles. The summed E-state index contributed by atoms with van der Waals surface area (Å²) in [5.74, 6) is -0.0459. The highest BCUT2D eigenvalue weighted by Crippen LogP contribution is 2.15. The van der Waals surface area contributed by atoms with Crippen molar-refractivity contribution < 1.29 is 10.3 Å². The minimum absolute atomic E-state index is 0.0288. The second kappa shape index (κ2) is 5.16. The van der Waals surface area contributed by atoms with Crippen LogP contribution in [0.25, 0.3) is 0 Å². The molecule has 1 aromatic rings. The van der Waals surface area contributed by atoms with Crippen LogP contribution in [0.15, 0.2) is 23.5 Å². The Labute approximate surface area is 87.6 Å². The Kier molecular flexibility index (Phi) is 3.87. The maximum Gasteiger partial charge on any atom is 0.190 e. The summed E-state index contributed by atoms with van der Waals surface area (Å²) in [7, 11) is 1.79. The van der Waals surface area contributed by atoms with Gasteiger partial charge in [-0.15, -0.1) is 0 Å². The number of pyridine rings is 1. The van der Waals surface area contributed by atoms with Gasteiger partial charge in [0.05, 0.1) is 12.3 Å². The van der Waals surface area contributed by atoms with Crippen molar-refractivity contribution >= 4 is 11.5 Å². The third-order valence-corrected chi connectivity index (χ3v) is 1.98. The molecule has 0 atom stereocenters. The predicted molar refractivity (Wildman–Crippen MR) is 57.1 cm³/mol. The van der Waals surface area contributed by atoms with Crippen LogP contribution in [-0.2, 0) is 0 Å². The zero-order valence-corrected chi connectivity index (χ0v) is 8.46. The summed E-state index contributed by atoms with van der Waals surface area (Å²) in [6, 6.07) is 3.54. The van der Waals surface area contributed by atoms with Gasteiger partial charge >= 0.3 is 0 Å². The summed E-state index contributed by atoms with van der Waals surface area (Å²) >= 11 is 0. The number of hydrogen-bond donors (Lipinski definition) is 3. The predicted octanol–water partition coefficient (Wildman–Crippen LogP) is -0.395. The van der Waals surface area contributed by atoms with Gasteiger partial charge < -0.3 is 20.9 Å². The average molecular weight is 210 g/mol. The van der Waals surface area contributed by atoms with Crippen LogP contribution in [0.3, 0.4) is 0 Å². The first-order valence-electron chi connectivity index (χ1n) is 4.45. The average Bonchev–Trinajstić information content (AvgIpc) is 2.28. The number of amidine groups is 1. The maximum absolute atomic E-state index is 8.81. The number of likely N-dealkylation sites (N-methyl/N-ethyl adjacent to an activating group) is 1.